The predicted octanol–water partition coefficient (Wildman–Crippen LogP) is 3.55. The number of fused-ring (bicyclic) bond motifs is 1. The first-order valence-electron chi connectivity index (χ1n) is 9.28. The molecule has 1 atom stereocenters. The molecule has 1 aliphatic heterocycles. The van der Waals surface area contributed by atoms with Crippen LogP contribution in [0.25, 0.3) is 0 Å². The lowest BCUT2D eigenvalue weighted by Gasteiger charge is -2.15. The molecule has 0 bridgehead atoms. The summed E-state index contributed by atoms with van der Waals surface area (Å²) in [6.45, 7) is 0. The molecule has 9 nitrogen and oxygen atoms in total. The Kier molecular flexibility index (Phi) is 5.31. The van der Waals surface area contributed by atoms with Crippen LogP contribution in [0, 0.1) is 0 Å². The average Bonchev–Trinajstić information content (AvgIpc) is 3.22. The van der Waals surface area contributed by atoms with E-state index < -0.39 is 18.1 Å². The van der Waals surface area contributed by atoms with Crippen molar-refractivity contribution in [3.8, 4) is 17.2 Å². The number of pyridine rings is 1. The van der Waals surface area contributed by atoms with Gasteiger partial charge >= 0.3 is 5.97 Å². The molecule has 9 heteroatoms. The fraction of sp³-hybridized carbons (Fsp3) is 0.136. The molecule has 3 N–H and O–H groups in total. The zero-order valence-electron chi connectivity index (χ0n) is 16.7. The molecule has 3 aromatic rings. The highest BCUT2D eigenvalue weighted by Crippen LogP contribution is 2.36. The monoisotopic (exact) mass is 421 g/mol. The summed E-state index contributed by atoms with van der Waals surface area (Å²) in [5.41, 5.74) is 1.17. The van der Waals surface area contributed by atoms with E-state index >= 15 is 0 Å². The van der Waals surface area contributed by atoms with Crippen molar-refractivity contribution in [2.45, 2.75) is 6.23 Å². The van der Waals surface area contributed by atoms with Crippen LogP contribution in [0.3, 0.4) is 0 Å². The van der Waals surface area contributed by atoms with Gasteiger partial charge in [-0.25, -0.2) is 9.78 Å². The van der Waals surface area contributed by atoms with Gasteiger partial charge in [0.1, 0.15) is 0 Å². The number of ether oxygens (including phenoxy) is 3. The van der Waals surface area contributed by atoms with Gasteiger partial charge in [-0.2, -0.15) is 0 Å². The minimum Gasteiger partial charge on any atom is -0.493 e. The Labute approximate surface area is 177 Å². The molecule has 2 heterocycles. The predicted molar refractivity (Wildman–Crippen MR) is 112 cm³/mol. The topological polar surface area (TPSA) is 119 Å². The first kappa shape index (κ1) is 20.0. The smallest absolute Gasteiger partial charge is 0.335 e. The van der Waals surface area contributed by atoms with Gasteiger partial charge in [0.2, 0.25) is 0 Å². The summed E-state index contributed by atoms with van der Waals surface area (Å²) in [6, 6.07) is 12.8. The second-order valence-electron chi connectivity index (χ2n) is 6.67. The molecule has 2 aromatic carbocycles. The lowest BCUT2D eigenvalue weighted by molar-refractivity contribution is 0.0696. The highest BCUT2D eigenvalue weighted by atomic mass is 16.5. The summed E-state index contributed by atoms with van der Waals surface area (Å²) < 4.78 is 16.2. The summed E-state index contributed by atoms with van der Waals surface area (Å²) in [4.78, 5) is 28.6. The molecule has 31 heavy (non-hydrogen) atoms. The molecule has 1 aromatic heterocycles. The first-order valence-corrected chi connectivity index (χ1v) is 9.28. The molecule has 1 amide bonds. The molecule has 1 aliphatic rings. The summed E-state index contributed by atoms with van der Waals surface area (Å²) in [6.07, 6.45) is 0.987. The fourth-order valence-electron chi connectivity index (χ4n) is 3.21. The number of carbonyl (C=O) groups excluding carboxylic acids is 1. The normalized spacial score (nSPS) is 14.1. The molecule has 0 spiro atoms. The third-order valence-electron chi connectivity index (χ3n) is 4.69. The number of carbonyl (C=O) groups is 2. The van der Waals surface area contributed by atoms with Crippen LogP contribution in [-0.4, -0.2) is 36.2 Å². The van der Waals surface area contributed by atoms with Crippen molar-refractivity contribution < 1.29 is 28.9 Å². The maximum absolute atomic E-state index is 12.8. The maximum atomic E-state index is 12.8. The molecular formula is C22H19N3O6. The number of rotatable bonds is 6. The quantitative estimate of drug-likeness (QED) is 0.553. The molecule has 0 fully saturated rings. The molecule has 0 saturated heterocycles. The Morgan fingerprint density at radius 2 is 1.87 bits per heavy atom. The second kappa shape index (κ2) is 8.23. The number of aromatic nitrogens is 1. The van der Waals surface area contributed by atoms with E-state index in [0.717, 1.165) is 0 Å². The lowest BCUT2D eigenvalue weighted by atomic mass is 10.1. The van der Waals surface area contributed by atoms with Crippen LogP contribution in [0.1, 0.15) is 32.5 Å². The van der Waals surface area contributed by atoms with Gasteiger partial charge in [0.25, 0.3) is 5.91 Å². The molecular weight excluding hydrogens is 402 g/mol. The SMILES string of the molecule is COc1ccc(C(=O)Nc2cc(C(=O)O)cc(C3Nc4ncccc4O3)c2)cc1OC. The Hall–Kier alpha value is -4.27. The third-order valence-corrected chi connectivity index (χ3v) is 4.69. The van der Waals surface area contributed by atoms with Crippen molar-refractivity contribution in [2.24, 2.45) is 0 Å². The van der Waals surface area contributed by atoms with Gasteiger partial charge in [0.05, 0.1) is 19.8 Å². The van der Waals surface area contributed by atoms with Crippen molar-refractivity contribution >= 4 is 23.4 Å². The van der Waals surface area contributed by atoms with Crippen LogP contribution >= 0.6 is 0 Å². The van der Waals surface area contributed by atoms with E-state index in [1.54, 1.807) is 42.6 Å². The van der Waals surface area contributed by atoms with Crippen LogP contribution in [0.2, 0.25) is 0 Å². The maximum Gasteiger partial charge on any atom is 0.335 e. The van der Waals surface area contributed by atoms with Gasteiger partial charge in [-0.15, -0.1) is 0 Å². The van der Waals surface area contributed by atoms with Gasteiger partial charge in [0.15, 0.2) is 29.3 Å². The fourth-order valence-corrected chi connectivity index (χ4v) is 3.21. The lowest BCUT2D eigenvalue weighted by Crippen LogP contribution is -2.15. The summed E-state index contributed by atoms with van der Waals surface area (Å²) >= 11 is 0. The van der Waals surface area contributed by atoms with Crippen LogP contribution < -0.4 is 24.8 Å². The van der Waals surface area contributed by atoms with E-state index in [1.165, 1.54) is 26.4 Å². The van der Waals surface area contributed by atoms with Crippen LogP contribution in [-0.2, 0) is 0 Å². The van der Waals surface area contributed by atoms with Crippen molar-refractivity contribution in [1.82, 2.24) is 4.98 Å². The Morgan fingerprint density at radius 3 is 2.58 bits per heavy atom. The van der Waals surface area contributed by atoms with Crippen LogP contribution in [0.4, 0.5) is 11.5 Å². The van der Waals surface area contributed by atoms with Crippen LogP contribution in [0.15, 0.2) is 54.7 Å². The van der Waals surface area contributed by atoms with Crippen molar-refractivity contribution in [3.05, 3.63) is 71.4 Å². The Bertz CT molecular complexity index is 1140. The molecule has 1 unspecified atom stereocenters. The Balaban J connectivity index is 1.61. The van der Waals surface area contributed by atoms with Crippen molar-refractivity contribution in [3.63, 3.8) is 0 Å². The number of amides is 1. The van der Waals surface area contributed by atoms with Crippen molar-refractivity contribution in [1.29, 1.82) is 0 Å². The summed E-state index contributed by atoms with van der Waals surface area (Å²) in [5.74, 6) is 0.459. The molecule has 4 rings (SSSR count). The van der Waals surface area contributed by atoms with E-state index in [-0.39, 0.29) is 5.56 Å². The minimum atomic E-state index is -1.13. The van der Waals surface area contributed by atoms with Gasteiger partial charge in [-0.3, -0.25) is 4.79 Å². The highest BCUT2D eigenvalue weighted by molar-refractivity contribution is 6.05. The van der Waals surface area contributed by atoms with Crippen LogP contribution in [0.5, 0.6) is 17.2 Å². The van der Waals surface area contributed by atoms with Gasteiger partial charge < -0.3 is 30.0 Å². The first-order chi connectivity index (χ1) is 15.0. The van der Waals surface area contributed by atoms with Gasteiger partial charge in [-0.05, 0) is 48.5 Å². The number of nitrogens with zero attached hydrogens (tertiary/aromatic N) is 1. The average molecular weight is 421 g/mol. The number of benzene rings is 2. The molecule has 0 saturated carbocycles. The number of anilines is 2. The number of nitrogens with one attached hydrogen (secondary N) is 2. The highest BCUT2D eigenvalue weighted by Gasteiger charge is 2.25. The number of carboxylic acid groups (broad SMARTS) is 1. The minimum absolute atomic E-state index is 0.00873. The van der Waals surface area contributed by atoms with E-state index in [0.29, 0.717) is 39.9 Å². The Morgan fingerprint density at radius 1 is 1.06 bits per heavy atom. The van der Waals surface area contributed by atoms with Gasteiger partial charge in [0, 0.05) is 23.0 Å². The zero-order chi connectivity index (χ0) is 22.0. The number of carboxylic acids is 1. The number of hydrogen-bond acceptors (Lipinski definition) is 7. The molecule has 158 valence electrons. The number of methoxy groups -OCH3 is 2. The largest absolute Gasteiger partial charge is 0.493 e. The van der Waals surface area contributed by atoms with E-state index in [2.05, 4.69) is 15.6 Å². The van der Waals surface area contributed by atoms with Gasteiger partial charge in [-0.1, -0.05) is 0 Å². The molecule has 0 radical (unpaired) electrons. The van der Waals surface area contributed by atoms with Crippen molar-refractivity contribution in [2.75, 3.05) is 24.9 Å². The third kappa shape index (κ3) is 4.06. The zero-order valence-corrected chi connectivity index (χ0v) is 16.7. The standard InChI is InChI=1S/C22H19N3O6/c1-29-16-6-5-12(11-18(16)30-2)20(26)24-15-9-13(8-14(10-15)22(27)28)21-25-19-17(31-21)4-3-7-23-19/h3-11,21H,1-2H3,(H,23,25)(H,24,26)(H,27,28). The number of aromatic carboxylic acids is 1. The van der Waals surface area contributed by atoms with E-state index in [1.807, 2.05) is 0 Å². The molecule has 0 aliphatic carbocycles. The summed E-state index contributed by atoms with van der Waals surface area (Å²) in [7, 11) is 2.98. The second-order valence-corrected chi connectivity index (χ2v) is 6.67. The number of hydrogen-bond donors (Lipinski definition) is 3. The van der Waals surface area contributed by atoms with E-state index in [4.69, 9.17) is 14.2 Å². The summed E-state index contributed by atoms with van der Waals surface area (Å²) in [5, 5.41) is 15.3. The van der Waals surface area contributed by atoms with E-state index in [9.17, 15) is 14.7 Å².